The molecule has 0 aliphatic rings. The molecule has 8 nitrogen and oxygen atoms in total. The number of thiol groups is 3. The van der Waals surface area contributed by atoms with Gasteiger partial charge in [0.05, 0.1) is 22.6 Å². The molecule has 4 aromatic rings. The monoisotopic (exact) mass is 535 g/mol. The van der Waals surface area contributed by atoms with Crippen LogP contribution in [-0.4, -0.2) is 26.3 Å². The van der Waals surface area contributed by atoms with Gasteiger partial charge in [0.1, 0.15) is 5.75 Å². The lowest BCUT2D eigenvalue weighted by Gasteiger charge is -2.07. The lowest BCUT2D eigenvalue weighted by atomic mass is 10.1. The van der Waals surface area contributed by atoms with Crippen molar-refractivity contribution in [1.82, 2.24) is 9.78 Å². The molecule has 4 rings (SSSR count). The van der Waals surface area contributed by atoms with E-state index in [0.717, 1.165) is 16.0 Å². The molecule has 0 aliphatic heterocycles. The van der Waals surface area contributed by atoms with Crippen molar-refractivity contribution in [3.05, 3.63) is 70.9 Å². The van der Waals surface area contributed by atoms with Crippen LogP contribution in [0.3, 0.4) is 0 Å². The lowest BCUT2D eigenvalue weighted by Crippen LogP contribution is -1.96. The Bertz CT molecular complexity index is 1550. The van der Waals surface area contributed by atoms with E-state index in [2.05, 4.69) is 53.2 Å². The van der Waals surface area contributed by atoms with Crippen molar-refractivity contribution >= 4 is 73.4 Å². The molecule has 3 aromatic carbocycles. The highest BCUT2D eigenvalue weighted by molar-refractivity contribution is 7.80. The van der Waals surface area contributed by atoms with E-state index in [-0.39, 0.29) is 33.5 Å². The maximum absolute atomic E-state index is 11.4. The number of benzene rings is 3. The van der Waals surface area contributed by atoms with Crippen LogP contribution in [0.15, 0.2) is 73.4 Å². The Hall–Kier alpha value is -3.67. The molecule has 11 heteroatoms. The second kappa shape index (κ2) is 10.5. The SMILES string of the molecule is Cc1nn(-c2ccc(C=Cc3ccc(N)cc3S)c(S)c2)c(O)c1N=Nc1ccc(S)c(O)c1C=O. The molecule has 1 heterocycles. The molecule has 0 saturated carbocycles. The van der Waals surface area contributed by atoms with E-state index < -0.39 is 0 Å². The largest absolute Gasteiger partial charge is 0.506 e. The molecular weight excluding hydrogens is 515 g/mol. The number of hydrogen-bond donors (Lipinski definition) is 6. The topological polar surface area (TPSA) is 126 Å². The number of nitrogens with zero attached hydrogens (tertiary/aromatic N) is 4. The second-order valence-corrected chi connectivity index (χ2v) is 9.19. The van der Waals surface area contributed by atoms with Crippen molar-refractivity contribution < 1.29 is 15.0 Å². The number of nitrogen functional groups attached to an aromatic ring is 1. The van der Waals surface area contributed by atoms with Crippen molar-refractivity contribution in [3.63, 3.8) is 0 Å². The summed E-state index contributed by atoms with van der Waals surface area (Å²) in [5.74, 6) is -0.532. The van der Waals surface area contributed by atoms with Gasteiger partial charge >= 0.3 is 0 Å². The van der Waals surface area contributed by atoms with E-state index in [1.54, 1.807) is 31.2 Å². The normalized spacial score (nSPS) is 11.6. The van der Waals surface area contributed by atoms with Gasteiger partial charge in [-0.25, -0.2) is 0 Å². The van der Waals surface area contributed by atoms with Crippen LogP contribution in [0.1, 0.15) is 27.2 Å². The molecule has 0 saturated heterocycles. The average Bonchev–Trinajstić information content (AvgIpc) is 3.13. The third-order valence-corrected chi connectivity index (χ3v) is 6.44. The number of phenols is 1. The van der Waals surface area contributed by atoms with Crippen LogP contribution >= 0.6 is 37.9 Å². The fraction of sp³-hybridized carbons (Fsp3) is 0.0400. The number of carbonyl (C=O) groups is 1. The molecule has 182 valence electrons. The maximum Gasteiger partial charge on any atom is 0.243 e. The predicted octanol–water partition coefficient (Wildman–Crippen LogP) is 6.44. The minimum atomic E-state index is -0.293. The molecule has 0 amide bonds. The van der Waals surface area contributed by atoms with Crippen LogP contribution < -0.4 is 5.73 Å². The number of aldehydes is 1. The summed E-state index contributed by atoms with van der Waals surface area (Å²) in [5, 5.41) is 33.3. The van der Waals surface area contributed by atoms with Crippen molar-refractivity contribution in [2.45, 2.75) is 21.6 Å². The summed E-state index contributed by atoms with van der Waals surface area (Å²) in [6, 6.07) is 13.8. The van der Waals surface area contributed by atoms with Gasteiger partial charge in [0.2, 0.25) is 5.88 Å². The molecule has 0 fully saturated rings. The van der Waals surface area contributed by atoms with Gasteiger partial charge in [-0.1, -0.05) is 24.3 Å². The summed E-state index contributed by atoms with van der Waals surface area (Å²) >= 11 is 13.1. The highest BCUT2D eigenvalue weighted by Crippen LogP contribution is 2.37. The van der Waals surface area contributed by atoms with Crippen LogP contribution in [0.25, 0.3) is 17.8 Å². The van der Waals surface area contributed by atoms with Crippen molar-refractivity contribution in [3.8, 4) is 17.3 Å². The Morgan fingerprint density at radius 1 is 0.917 bits per heavy atom. The van der Waals surface area contributed by atoms with E-state index in [0.29, 0.717) is 28.3 Å². The number of phenolic OH excluding ortho intramolecular Hbond substituents is 1. The van der Waals surface area contributed by atoms with Crippen molar-refractivity contribution in [2.24, 2.45) is 10.2 Å². The van der Waals surface area contributed by atoms with E-state index in [1.807, 2.05) is 24.3 Å². The zero-order valence-corrected chi connectivity index (χ0v) is 21.5. The second-order valence-electron chi connectivity index (χ2n) is 7.75. The Labute approximate surface area is 223 Å². The smallest absolute Gasteiger partial charge is 0.243 e. The molecule has 0 radical (unpaired) electrons. The summed E-state index contributed by atoms with van der Waals surface area (Å²) in [4.78, 5) is 13.0. The number of aromatic nitrogens is 2. The zero-order valence-electron chi connectivity index (χ0n) is 18.9. The fourth-order valence-corrected chi connectivity index (χ4v) is 4.16. The number of nitrogens with two attached hydrogens (primary N) is 1. The standard InChI is InChI=1S/C25H21N5O3S3/c1-13-23(28-27-19-8-9-20(34)24(32)18(19)12-31)25(33)30(29-13)17-7-5-15(22(36)11-17)3-2-14-4-6-16(26)10-21(14)35/h2-12,32-36H,26H2,1H3. The van der Waals surface area contributed by atoms with Gasteiger partial charge in [0.25, 0.3) is 0 Å². The first-order valence-corrected chi connectivity index (χ1v) is 11.8. The Morgan fingerprint density at radius 2 is 1.58 bits per heavy atom. The van der Waals surface area contributed by atoms with Crippen molar-refractivity contribution in [1.29, 1.82) is 0 Å². The highest BCUT2D eigenvalue weighted by Gasteiger charge is 2.17. The zero-order chi connectivity index (χ0) is 26.0. The molecule has 0 unspecified atom stereocenters. The van der Waals surface area contributed by atoms with Gasteiger partial charge in [-0.2, -0.15) is 9.78 Å². The van der Waals surface area contributed by atoms with Crippen LogP contribution in [0.2, 0.25) is 0 Å². The lowest BCUT2D eigenvalue weighted by molar-refractivity contribution is 0.112. The van der Waals surface area contributed by atoms with E-state index >= 15 is 0 Å². The number of hydrogen-bond acceptors (Lipinski definition) is 10. The Balaban J connectivity index is 1.63. The quantitative estimate of drug-likeness (QED) is 0.0557. The number of carbonyl (C=O) groups excluding carboxylic acids is 1. The molecule has 0 atom stereocenters. The first-order chi connectivity index (χ1) is 17.2. The molecule has 0 bridgehead atoms. The average molecular weight is 536 g/mol. The van der Waals surface area contributed by atoms with Gasteiger partial charge < -0.3 is 15.9 Å². The van der Waals surface area contributed by atoms with Crippen LogP contribution in [0, 0.1) is 6.92 Å². The van der Waals surface area contributed by atoms with E-state index in [9.17, 15) is 15.0 Å². The summed E-state index contributed by atoms with van der Waals surface area (Å²) in [5.41, 5.74) is 9.35. The number of anilines is 1. The van der Waals surface area contributed by atoms with E-state index in [1.165, 1.54) is 16.8 Å². The third-order valence-electron chi connectivity index (χ3n) is 5.31. The molecular formula is C25H21N5O3S3. The van der Waals surface area contributed by atoms with Gasteiger partial charge in [0.15, 0.2) is 12.0 Å². The highest BCUT2D eigenvalue weighted by atomic mass is 32.1. The van der Waals surface area contributed by atoms with Gasteiger partial charge in [0, 0.05) is 20.4 Å². The van der Waals surface area contributed by atoms with Crippen LogP contribution in [-0.2, 0) is 0 Å². The van der Waals surface area contributed by atoms with Gasteiger partial charge in [-0.3, -0.25) is 4.79 Å². The maximum atomic E-state index is 11.4. The number of rotatable bonds is 6. The minimum Gasteiger partial charge on any atom is -0.506 e. The molecule has 4 N–H and O–H groups in total. The fourth-order valence-electron chi connectivity index (χ4n) is 3.38. The summed E-state index contributed by atoms with van der Waals surface area (Å²) in [6.07, 6.45) is 4.28. The number of aryl methyl sites for hydroxylation is 1. The first kappa shape index (κ1) is 25.4. The summed E-state index contributed by atoms with van der Waals surface area (Å²) in [7, 11) is 0. The van der Waals surface area contributed by atoms with E-state index in [4.69, 9.17) is 5.73 Å². The van der Waals surface area contributed by atoms with Crippen molar-refractivity contribution in [2.75, 3.05) is 5.73 Å². The predicted molar refractivity (Wildman–Crippen MR) is 149 cm³/mol. The molecule has 1 aromatic heterocycles. The van der Waals surface area contributed by atoms with Gasteiger partial charge in [-0.05, 0) is 54.4 Å². The number of azo groups is 1. The van der Waals surface area contributed by atoms with Crippen LogP contribution in [0.4, 0.5) is 17.1 Å². The molecule has 0 aliphatic carbocycles. The summed E-state index contributed by atoms with van der Waals surface area (Å²) in [6.45, 7) is 1.67. The molecule has 36 heavy (non-hydrogen) atoms. The molecule has 0 spiro atoms. The summed E-state index contributed by atoms with van der Waals surface area (Å²) < 4.78 is 1.32. The first-order valence-electron chi connectivity index (χ1n) is 10.5. The third kappa shape index (κ3) is 5.13. The van der Waals surface area contributed by atoms with Gasteiger partial charge in [-0.15, -0.1) is 48.1 Å². The Kier molecular flexibility index (Phi) is 7.43. The van der Waals surface area contributed by atoms with Crippen LogP contribution in [0.5, 0.6) is 11.6 Å². The Morgan fingerprint density at radius 3 is 2.22 bits per heavy atom. The number of aromatic hydroxyl groups is 2. The minimum absolute atomic E-state index is 0.0526.